The molecule has 1 heteroatoms. The number of rotatable bonds is 1. The molecule has 0 spiro atoms. The van der Waals surface area contributed by atoms with Gasteiger partial charge in [-0.1, -0.05) is 19.8 Å². The van der Waals surface area contributed by atoms with Gasteiger partial charge in [-0.2, -0.15) is 0 Å². The molecule has 5 saturated carbocycles. The van der Waals surface area contributed by atoms with Crippen LogP contribution in [-0.4, -0.2) is 11.7 Å². The van der Waals surface area contributed by atoms with Gasteiger partial charge in [-0.25, -0.2) is 0 Å². The number of ether oxygens (including phenoxy) is 1. The van der Waals surface area contributed by atoms with Crippen molar-refractivity contribution in [1.29, 1.82) is 0 Å². The van der Waals surface area contributed by atoms with Crippen LogP contribution in [0.1, 0.15) is 53.4 Å². The van der Waals surface area contributed by atoms with E-state index in [4.69, 9.17) is 4.74 Å². The molecule has 0 N–H and O–H groups in total. The topological polar surface area (TPSA) is 9.23 Å². The lowest BCUT2D eigenvalue weighted by Crippen LogP contribution is -2.35. The van der Waals surface area contributed by atoms with E-state index in [1.54, 1.807) is 0 Å². The van der Waals surface area contributed by atoms with E-state index in [1.165, 1.54) is 25.7 Å². The molecule has 5 fully saturated rings. The summed E-state index contributed by atoms with van der Waals surface area (Å²) >= 11 is 0. The zero-order chi connectivity index (χ0) is 12.0. The van der Waals surface area contributed by atoms with Gasteiger partial charge in [0.15, 0.2) is 0 Å². The van der Waals surface area contributed by atoms with Crippen LogP contribution in [0.2, 0.25) is 0 Å². The van der Waals surface area contributed by atoms with Gasteiger partial charge in [-0.05, 0) is 68.6 Å². The Morgan fingerprint density at radius 3 is 2.53 bits per heavy atom. The quantitative estimate of drug-likeness (QED) is 0.669. The predicted molar refractivity (Wildman–Crippen MR) is 68.7 cm³/mol. The van der Waals surface area contributed by atoms with Gasteiger partial charge in [-0.3, -0.25) is 0 Å². The molecule has 6 bridgehead atoms. The highest BCUT2D eigenvalue weighted by Gasteiger charge is 2.82. The van der Waals surface area contributed by atoms with Crippen molar-refractivity contribution in [3.8, 4) is 0 Å². The Balaban J connectivity index is 1.67. The van der Waals surface area contributed by atoms with Gasteiger partial charge >= 0.3 is 0 Å². The molecule has 0 aromatic carbocycles. The second-order valence-corrected chi connectivity index (χ2v) is 8.32. The Labute approximate surface area is 105 Å². The molecule has 0 unspecified atom stereocenters. The first-order valence-corrected chi connectivity index (χ1v) is 7.61. The molecular formula is C16H26O. The Kier molecular flexibility index (Phi) is 1.86. The van der Waals surface area contributed by atoms with Crippen molar-refractivity contribution in [3.63, 3.8) is 0 Å². The molecule has 5 aliphatic carbocycles. The van der Waals surface area contributed by atoms with Crippen molar-refractivity contribution in [2.24, 2.45) is 35.0 Å². The molecule has 1 nitrogen and oxygen atoms in total. The molecule has 7 atom stereocenters. The monoisotopic (exact) mass is 234 g/mol. The minimum absolute atomic E-state index is 0.0504. The normalized spacial score (nSPS) is 59.3. The Bertz CT molecular complexity index is 355. The molecule has 0 amide bonds. The lowest BCUT2D eigenvalue weighted by atomic mass is 9.75. The summed E-state index contributed by atoms with van der Waals surface area (Å²) in [6.45, 7) is 9.27. The fourth-order valence-corrected chi connectivity index (χ4v) is 6.17. The summed E-state index contributed by atoms with van der Waals surface area (Å²) in [4.78, 5) is 0. The highest BCUT2D eigenvalue weighted by Crippen LogP contribution is 2.83. The molecular weight excluding hydrogens is 208 g/mol. The van der Waals surface area contributed by atoms with Crippen LogP contribution in [0, 0.1) is 35.0 Å². The van der Waals surface area contributed by atoms with E-state index in [-0.39, 0.29) is 5.60 Å². The average Bonchev–Trinajstić information content (AvgIpc) is 2.74. The molecule has 5 rings (SSSR count). The van der Waals surface area contributed by atoms with E-state index in [1.807, 2.05) is 0 Å². The molecule has 0 aromatic rings. The van der Waals surface area contributed by atoms with Gasteiger partial charge in [0.05, 0.1) is 11.7 Å². The van der Waals surface area contributed by atoms with Crippen LogP contribution in [0.3, 0.4) is 0 Å². The van der Waals surface area contributed by atoms with Crippen molar-refractivity contribution in [2.75, 3.05) is 0 Å². The molecule has 5 aliphatic rings. The largest absolute Gasteiger partial charge is 0.372 e. The van der Waals surface area contributed by atoms with Crippen LogP contribution < -0.4 is 0 Å². The minimum Gasteiger partial charge on any atom is -0.372 e. The van der Waals surface area contributed by atoms with E-state index in [0.717, 1.165) is 29.6 Å². The van der Waals surface area contributed by atoms with Crippen molar-refractivity contribution in [2.45, 2.75) is 65.1 Å². The molecule has 17 heavy (non-hydrogen) atoms. The maximum Gasteiger partial charge on any atom is 0.0652 e. The summed E-state index contributed by atoms with van der Waals surface area (Å²) in [5, 5.41) is 0. The third-order valence-corrected chi connectivity index (χ3v) is 6.34. The van der Waals surface area contributed by atoms with Crippen molar-refractivity contribution in [3.05, 3.63) is 0 Å². The molecule has 0 aromatic heterocycles. The first kappa shape index (κ1) is 10.8. The Morgan fingerprint density at radius 1 is 1.06 bits per heavy atom. The molecule has 0 aliphatic heterocycles. The standard InChI is InChI=1S/C16H26O/c1-15(2,3)17-14-11-10-9-7-5-6-8-16(4,12(9)14)13(10)11/h9-14H,5-8H2,1-4H3/t9-,10+,11+,12-,13+,14-,16-/m0/s1. The van der Waals surface area contributed by atoms with Gasteiger partial charge in [0.1, 0.15) is 0 Å². The van der Waals surface area contributed by atoms with Gasteiger partial charge in [0.25, 0.3) is 0 Å². The molecule has 0 radical (unpaired) electrons. The maximum atomic E-state index is 6.46. The average molecular weight is 234 g/mol. The number of hydrogen-bond acceptors (Lipinski definition) is 1. The highest BCUT2D eigenvalue weighted by atomic mass is 16.5. The summed E-state index contributed by atoms with van der Waals surface area (Å²) in [5.41, 5.74) is 0.710. The highest BCUT2D eigenvalue weighted by molar-refractivity contribution is 5.29. The maximum absolute atomic E-state index is 6.46. The van der Waals surface area contributed by atoms with Crippen LogP contribution in [0.25, 0.3) is 0 Å². The first-order chi connectivity index (χ1) is 7.93. The van der Waals surface area contributed by atoms with Crippen molar-refractivity contribution in [1.82, 2.24) is 0 Å². The zero-order valence-electron chi connectivity index (χ0n) is 11.7. The Hall–Kier alpha value is -0.0400. The molecule has 0 heterocycles. The van der Waals surface area contributed by atoms with Crippen molar-refractivity contribution < 1.29 is 4.74 Å². The predicted octanol–water partition coefficient (Wildman–Crippen LogP) is 3.87. The Morgan fingerprint density at radius 2 is 1.82 bits per heavy atom. The summed E-state index contributed by atoms with van der Waals surface area (Å²) < 4.78 is 6.46. The van der Waals surface area contributed by atoms with E-state index in [2.05, 4.69) is 27.7 Å². The third kappa shape index (κ3) is 1.20. The van der Waals surface area contributed by atoms with Crippen molar-refractivity contribution >= 4 is 0 Å². The van der Waals surface area contributed by atoms with Gasteiger partial charge in [0, 0.05) is 0 Å². The van der Waals surface area contributed by atoms with E-state index >= 15 is 0 Å². The van der Waals surface area contributed by atoms with E-state index in [9.17, 15) is 0 Å². The van der Waals surface area contributed by atoms with Crippen LogP contribution in [0.5, 0.6) is 0 Å². The second-order valence-electron chi connectivity index (χ2n) is 8.32. The summed E-state index contributed by atoms with van der Waals surface area (Å²) in [6, 6.07) is 0. The fourth-order valence-electron chi connectivity index (χ4n) is 6.17. The van der Waals surface area contributed by atoms with E-state index in [0.29, 0.717) is 11.5 Å². The van der Waals surface area contributed by atoms with Crippen LogP contribution in [-0.2, 0) is 4.74 Å². The van der Waals surface area contributed by atoms with Gasteiger partial charge in [0.2, 0.25) is 0 Å². The summed E-state index contributed by atoms with van der Waals surface area (Å²) in [7, 11) is 0. The van der Waals surface area contributed by atoms with Gasteiger partial charge < -0.3 is 4.74 Å². The number of hydrogen-bond donors (Lipinski definition) is 0. The van der Waals surface area contributed by atoms with Crippen LogP contribution in [0.15, 0.2) is 0 Å². The fraction of sp³-hybridized carbons (Fsp3) is 1.00. The lowest BCUT2D eigenvalue weighted by molar-refractivity contribution is -0.0897. The van der Waals surface area contributed by atoms with Crippen LogP contribution >= 0.6 is 0 Å². The molecule has 96 valence electrons. The molecule has 0 saturated heterocycles. The first-order valence-electron chi connectivity index (χ1n) is 7.61. The second kappa shape index (κ2) is 2.92. The van der Waals surface area contributed by atoms with Gasteiger partial charge in [-0.15, -0.1) is 0 Å². The minimum atomic E-state index is 0.0504. The summed E-state index contributed by atoms with van der Waals surface area (Å²) in [6.07, 6.45) is 6.55. The lowest BCUT2D eigenvalue weighted by Gasteiger charge is -2.34. The van der Waals surface area contributed by atoms with Crippen LogP contribution in [0.4, 0.5) is 0 Å². The smallest absolute Gasteiger partial charge is 0.0652 e. The van der Waals surface area contributed by atoms with E-state index < -0.39 is 0 Å². The SMILES string of the molecule is CC(C)(C)O[C@H]1[C@@H]2[C@H]3[C@@H]4CCCC[C@](C)([C@H]32)[C@@H]41. The third-order valence-electron chi connectivity index (χ3n) is 6.34. The zero-order valence-corrected chi connectivity index (χ0v) is 11.7. The summed E-state index contributed by atoms with van der Waals surface area (Å²) in [5.74, 6) is 5.00.